The average molecular weight is 346 g/mol. The van der Waals surface area contributed by atoms with Crippen LogP contribution >= 0.6 is 0 Å². The van der Waals surface area contributed by atoms with Gasteiger partial charge in [0.1, 0.15) is 5.82 Å². The number of hydrogen-bond acceptors (Lipinski definition) is 3. The van der Waals surface area contributed by atoms with Crippen molar-refractivity contribution in [1.29, 1.82) is 0 Å². The Bertz CT molecular complexity index is 1160. The van der Waals surface area contributed by atoms with Crippen molar-refractivity contribution in [1.82, 2.24) is 9.55 Å². The summed E-state index contributed by atoms with van der Waals surface area (Å²) in [5, 5.41) is 9.63. The fourth-order valence-electron chi connectivity index (χ4n) is 3.46. The largest absolute Gasteiger partial charge is 0.478 e. The van der Waals surface area contributed by atoms with E-state index in [0.29, 0.717) is 23.3 Å². The molecule has 0 bridgehead atoms. The number of benzene rings is 2. The summed E-state index contributed by atoms with van der Waals surface area (Å²) >= 11 is 0. The first-order valence-corrected chi connectivity index (χ1v) is 8.50. The summed E-state index contributed by atoms with van der Waals surface area (Å²) in [6, 6.07) is 10.7. The maximum absolute atomic E-state index is 12.8. The lowest BCUT2D eigenvalue weighted by Gasteiger charge is -2.07. The van der Waals surface area contributed by atoms with Gasteiger partial charge in [-0.3, -0.25) is 9.36 Å². The van der Waals surface area contributed by atoms with E-state index in [1.54, 1.807) is 10.6 Å². The Balaban J connectivity index is 1.90. The number of carboxylic acid groups (broad SMARTS) is 1. The van der Waals surface area contributed by atoms with Gasteiger partial charge >= 0.3 is 5.97 Å². The van der Waals surface area contributed by atoms with Crippen molar-refractivity contribution in [2.75, 3.05) is 0 Å². The molecule has 1 aliphatic rings. The van der Waals surface area contributed by atoms with Gasteiger partial charge in [-0.05, 0) is 61.2 Å². The smallest absolute Gasteiger partial charge is 0.335 e. The lowest BCUT2D eigenvalue weighted by atomic mass is 10.0. The number of aromatic carboxylic acids is 1. The lowest BCUT2D eigenvalue weighted by Crippen LogP contribution is -2.21. The molecule has 4 rings (SSSR count). The minimum absolute atomic E-state index is 0.119. The normalized spacial score (nSPS) is 14.8. The predicted octanol–water partition coefficient (Wildman–Crippen LogP) is 3.66. The molecular formula is C21H18N2O3. The number of hydrogen-bond donors (Lipinski definition) is 1. The van der Waals surface area contributed by atoms with Crippen molar-refractivity contribution in [3.05, 3.63) is 74.8 Å². The minimum Gasteiger partial charge on any atom is -0.478 e. The van der Waals surface area contributed by atoms with E-state index in [0.717, 1.165) is 17.6 Å². The molecule has 0 fully saturated rings. The Morgan fingerprint density at radius 1 is 1.19 bits per heavy atom. The zero-order valence-electron chi connectivity index (χ0n) is 14.6. The summed E-state index contributed by atoms with van der Waals surface area (Å²) < 4.78 is 1.68. The Kier molecular flexibility index (Phi) is 3.72. The van der Waals surface area contributed by atoms with Crippen molar-refractivity contribution in [2.24, 2.45) is 0 Å². The third kappa shape index (κ3) is 2.62. The first-order valence-electron chi connectivity index (χ1n) is 8.50. The van der Waals surface area contributed by atoms with Crippen molar-refractivity contribution in [2.45, 2.75) is 26.8 Å². The fraction of sp³-hybridized carbons (Fsp3) is 0.190. The molecule has 3 aromatic rings. The van der Waals surface area contributed by atoms with Gasteiger partial charge in [0.25, 0.3) is 5.56 Å². The van der Waals surface area contributed by atoms with Crippen LogP contribution in [0.2, 0.25) is 0 Å². The van der Waals surface area contributed by atoms with Gasteiger partial charge in [0.15, 0.2) is 0 Å². The molecule has 0 radical (unpaired) electrons. The lowest BCUT2D eigenvalue weighted by molar-refractivity contribution is 0.0697. The quantitative estimate of drug-likeness (QED) is 0.769. The summed E-state index contributed by atoms with van der Waals surface area (Å²) in [6.45, 7) is 4.71. The van der Waals surface area contributed by atoms with E-state index in [9.17, 15) is 14.7 Å². The second kappa shape index (κ2) is 5.95. The molecule has 1 aliphatic heterocycles. The van der Waals surface area contributed by atoms with E-state index < -0.39 is 5.97 Å². The Labute approximate surface area is 150 Å². The summed E-state index contributed by atoms with van der Waals surface area (Å²) in [6.07, 6.45) is 2.81. The van der Waals surface area contributed by atoms with E-state index in [1.807, 2.05) is 0 Å². The molecule has 0 aliphatic carbocycles. The van der Waals surface area contributed by atoms with E-state index in [1.165, 1.54) is 23.3 Å². The Hall–Kier alpha value is -3.21. The van der Waals surface area contributed by atoms with E-state index in [2.05, 4.69) is 43.1 Å². The molecule has 1 N–H and O–H groups in total. The number of aromatic nitrogens is 2. The molecule has 0 saturated carbocycles. The molecule has 5 nitrogen and oxygen atoms in total. The highest BCUT2D eigenvalue weighted by Gasteiger charge is 2.21. The van der Waals surface area contributed by atoms with Gasteiger partial charge in [0.2, 0.25) is 0 Å². The minimum atomic E-state index is -1.03. The van der Waals surface area contributed by atoms with Crippen LogP contribution in [0.5, 0.6) is 0 Å². The molecule has 0 saturated heterocycles. The van der Waals surface area contributed by atoms with E-state index in [4.69, 9.17) is 0 Å². The van der Waals surface area contributed by atoms with Crippen molar-refractivity contribution in [3.8, 4) is 0 Å². The molecular weight excluding hydrogens is 328 g/mol. The highest BCUT2D eigenvalue weighted by atomic mass is 16.4. The molecule has 0 amide bonds. The SMILES string of the molecule is Cc1ccc(/C=C2/CCn3c2nc2cc(C(=O)O)ccc2c3=O)c(C)c1. The van der Waals surface area contributed by atoms with Gasteiger partial charge in [-0.25, -0.2) is 9.78 Å². The van der Waals surface area contributed by atoms with E-state index >= 15 is 0 Å². The monoisotopic (exact) mass is 346 g/mol. The van der Waals surface area contributed by atoms with Crippen LogP contribution in [-0.4, -0.2) is 20.6 Å². The van der Waals surface area contributed by atoms with Gasteiger partial charge in [0.05, 0.1) is 16.5 Å². The molecule has 1 aromatic heterocycles. The van der Waals surface area contributed by atoms with Crippen LogP contribution in [0.25, 0.3) is 22.6 Å². The van der Waals surface area contributed by atoms with Crippen LogP contribution < -0.4 is 5.56 Å². The number of nitrogens with zero attached hydrogens (tertiary/aromatic N) is 2. The van der Waals surface area contributed by atoms with Crippen LogP contribution in [0.4, 0.5) is 0 Å². The summed E-state index contributed by atoms with van der Waals surface area (Å²) in [4.78, 5) is 28.6. The predicted molar refractivity (Wildman–Crippen MR) is 101 cm³/mol. The van der Waals surface area contributed by atoms with Gasteiger partial charge in [0, 0.05) is 6.54 Å². The van der Waals surface area contributed by atoms with Crippen LogP contribution in [0.1, 0.15) is 39.3 Å². The fourth-order valence-corrected chi connectivity index (χ4v) is 3.46. The summed E-state index contributed by atoms with van der Waals surface area (Å²) in [5.41, 5.74) is 4.92. The second-order valence-corrected chi connectivity index (χ2v) is 6.71. The Morgan fingerprint density at radius 3 is 2.73 bits per heavy atom. The molecule has 0 spiro atoms. The maximum atomic E-state index is 12.8. The number of fused-ring (bicyclic) bond motifs is 2. The Morgan fingerprint density at radius 2 is 2.00 bits per heavy atom. The van der Waals surface area contributed by atoms with Crippen LogP contribution in [0.3, 0.4) is 0 Å². The number of carboxylic acids is 1. The summed E-state index contributed by atoms with van der Waals surface area (Å²) in [7, 11) is 0. The topological polar surface area (TPSA) is 72.2 Å². The van der Waals surface area contributed by atoms with Gasteiger partial charge in [-0.2, -0.15) is 0 Å². The number of rotatable bonds is 2. The molecule has 2 aromatic carbocycles. The van der Waals surface area contributed by atoms with Crippen LogP contribution in [0, 0.1) is 13.8 Å². The van der Waals surface area contributed by atoms with Gasteiger partial charge in [-0.1, -0.05) is 23.8 Å². The third-order valence-corrected chi connectivity index (χ3v) is 4.85. The zero-order chi connectivity index (χ0) is 18.4. The summed E-state index contributed by atoms with van der Waals surface area (Å²) in [5.74, 6) is -0.398. The van der Waals surface area contributed by atoms with Crippen molar-refractivity contribution < 1.29 is 9.90 Å². The molecule has 5 heteroatoms. The molecule has 130 valence electrons. The van der Waals surface area contributed by atoms with E-state index in [-0.39, 0.29) is 11.1 Å². The standard InChI is InChI=1S/C21H18N2O3/c1-12-3-4-14(13(2)9-12)10-15-7-8-23-19(15)22-18-11-16(21(25)26)5-6-17(18)20(23)24/h3-6,9-11H,7-8H2,1-2H3,(H,25,26)/b15-10-. The molecule has 26 heavy (non-hydrogen) atoms. The van der Waals surface area contributed by atoms with Crippen molar-refractivity contribution in [3.63, 3.8) is 0 Å². The number of aryl methyl sites for hydroxylation is 2. The van der Waals surface area contributed by atoms with Crippen molar-refractivity contribution >= 4 is 28.5 Å². The van der Waals surface area contributed by atoms with Crippen LogP contribution in [0.15, 0.2) is 41.2 Å². The highest BCUT2D eigenvalue weighted by Crippen LogP contribution is 2.28. The zero-order valence-corrected chi connectivity index (χ0v) is 14.6. The molecule has 2 heterocycles. The molecule has 0 atom stereocenters. The third-order valence-electron chi connectivity index (χ3n) is 4.85. The first-order chi connectivity index (χ1) is 12.4. The molecule has 0 unspecified atom stereocenters. The number of allylic oxidation sites excluding steroid dienone is 1. The number of carbonyl (C=O) groups is 1. The van der Waals surface area contributed by atoms with Crippen LogP contribution in [-0.2, 0) is 6.54 Å². The van der Waals surface area contributed by atoms with Gasteiger partial charge < -0.3 is 5.11 Å². The van der Waals surface area contributed by atoms with Gasteiger partial charge in [-0.15, -0.1) is 0 Å². The highest BCUT2D eigenvalue weighted by molar-refractivity contribution is 5.93. The average Bonchev–Trinajstić information content (AvgIpc) is 3.00. The second-order valence-electron chi connectivity index (χ2n) is 6.71. The first kappa shape index (κ1) is 16.3. The maximum Gasteiger partial charge on any atom is 0.335 e.